The van der Waals surface area contributed by atoms with E-state index in [-0.39, 0.29) is 5.75 Å². The number of carbonyl (C=O) groups is 1. The minimum Gasteiger partial charge on any atom is -0.480 e. The van der Waals surface area contributed by atoms with Crippen LogP contribution in [0, 0.1) is 0 Å². The van der Waals surface area contributed by atoms with Gasteiger partial charge in [0.2, 0.25) is 0 Å². The van der Waals surface area contributed by atoms with E-state index in [9.17, 15) is 18.3 Å². The van der Waals surface area contributed by atoms with Gasteiger partial charge in [0.15, 0.2) is 9.84 Å². The molecule has 1 aromatic carbocycles. The van der Waals surface area contributed by atoms with E-state index in [1.807, 2.05) is 0 Å². The number of rotatable bonds is 4. The van der Waals surface area contributed by atoms with Crippen molar-refractivity contribution < 1.29 is 18.3 Å². The van der Waals surface area contributed by atoms with Crippen molar-refractivity contribution in [2.75, 3.05) is 5.75 Å². The summed E-state index contributed by atoms with van der Waals surface area (Å²) in [6.07, 6.45) is 0. The molecule has 0 spiro atoms. The van der Waals surface area contributed by atoms with Crippen LogP contribution in [0.3, 0.4) is 0 Å². The molecular formula is C12H15NO4S. The first-order chi connectivity index (χ1) is 8.35. The van der Waals surface area contributed by atoms with E-state index >= 15 is 0 Å². The Morgan fingerprint density at radius 3 is 2.39 bits per heavy atom. The van der Waals surface area contributed by atoms with Crippen LogP contribution < -0.4 is 5.73 Å². The highest BCUT2D eigenvalue weighted by Crippen LogP contribution is 2.54. The molecular weight excluding hydrogens is 254 g/mol. The van der Waals surface area contributed by atoms with Gasteiger partial charge in [-0.2, -0.15) is 0 Å². The van der Waals surface area contributed by atoms with Gasteiger partial charge in [-0.25, -0.2) is 8.42 Å². The van der Waals surface area contributed by atoms with E-state index in [4.69, 9.17) is 5.73 Å². The molecule has 18 heavy (non-hydrogen) atoms. The Morgan fingerprint density at radius 2 is 1.94 bits per heavy atom. The monoisotopic (exact) mass is 269 g/mol. The second-order valence-electron chi connectivity index (χ2n) is 4.50. The zero-order valence-corrected chi connectivity index (χ0v) is 10.7. The molecule has 0 saturated heterocycles. The highest BCUT2D eigenvalue weighted by Gasteiger charge is 2.73. The molecule has 1 aromatic rings. The van der Waals surface area contributed by atoms with Gasteiger partial charge in [-0.15, -0.1) is 0 Å². The first-order valence-electron chi connectivity index (χ1n) is 5.64. The maximum atomic E-state index is 11.9. The third-order valence-corrected chi connectivity index (χ3v) is 5.74. The molecule has 0 amide bonds. The minimum atomic E-state index is -3.48. The van der Waals surface area contributed by atoms with Crippen molar-refractivity contribution in [1.82, 2.24) is 0 Å². The molecule has 2 rings (SSSR count). The number of sulfone groups is 1. The lowest BCUT2D eigenvalue weighted by atomic mass is 10.1. The molecule has 1 aliphatic rings. The van der Waals surface area contributed by atoms with Crippen LogP contribution in [0.25, 0.3) is 0 Å². The molecule has 6 heteroatoms. The summed E-state index contributed by atoms with van der Waals surface area (Å²) in [5.41, 5.74) is 4.75. The van der Waals surface area contributed by atoms with Crippen molar-refractivity contribution in [2.24, 2.45) is 5.73 Å². The van der Waals surface area contributed by atoms with E-state index in [2.05, 4.69) is 0 Å². The maximum Gasteiger partial charge on any atom is 0.325 e. The molecule has 0 heterocycles. The summed E-state index contributed by atoms with van der Waals surface area (Å²) in [5.74, 6) is -2.03. The van der Waals surface area contributed by atoms with Crippen molar-refractivity contribution in [1.29, 1.82) is 0 Å². The second-order valence-corrected chi connectivity index (χ2v) is 6.91. The summed E-state index contributed by atoms with van der Waals surface area (Å²) >= 11 is 0. The van der Waals surface area contributed by atoms with Crippen molar-refractivity contribution in [2.45, 2.75) is 23.6 Å². The smallest absolute Gasteiger partial charge is 0.325 e. The first kappa shape index (κ1) is 13.0. The Labute approximate surface area is 106 Å². The molecule has 3 atom stereocenters. The van der Waals surface area contributed by atoms with E-state index in [1.54, 1.807) is 30.3 Å². The number of hydrogen-bond acceptors (Lipinski definition) is 4. The van der Waals surface area contributed by atoms with E-state index in [0.717, 1.165) is 0 Å². The number of hydrogen-bond donors (Lipinski definition) is 2. The van der Waals surface area contributed by atoms with Crippen LogP contribution in [-0.2, 0) is 14.6 Å². The lowest BCUT2D eigenvalue weighted by Gasteiger charge is -2.04. The Balaban J connectivity index is 2.46. The Bertz CT molecular complexity index is 569. The van der Waals surface area contributed by atoms with Gasteiger partial charge in [-0.1, -0.05) is 37.3 Å². The topological polar surface area (TPSA) is 97.5 Å². The maximum absolute atomic E-state index is 11.9. The normalized spacial score (nSPS) is 31.0. The van der Waals surface area contributed by atoms with Gasteiger partial charge in [-0.05, 0) is 5.56 Å². The summed E-state index contributed by atoms with van der Waals surface area (Å²) in [5, 5.41) is 8.15. The van der Waals surface area contributed by atoms with Crippen LogP contribution in [0.15, 0.2) is 30.3 Å². The van der Waals surface area contributed by atoms with Crippen LogP contribution in [0.2, 0.25) is 0 Å². The molecule has 0 aromatic heterocycles. The molecule has 3 N–H and O–H groups in total. The standard InChI is InChI=1S/C12H15NO4S/c1-2-18(16,17)10-9(12(10,13)11(14)15)8-6-4-3-5-7-8/h3-7,9-10H,2,13H2,1H3,(H,14,15)/t9-,10-,12+/m1/s1. The average Bonchev–Trinajstić information content (AvgIpc) is 3.00. The van der Waals surface area contributed by atoms with Crippen LogP contribution in [0.4, 0.5) is 0 Å². The summed E-state index contributed by atoms with van der Waals surface area (Å²) in [4.78, 5) is 11.3. The van der Waals surface area contributed by atoms with Crippen molar-refractivity contribution in [3.8, 4) is 0 Å². The van der Waals surface area contributed by atoms with Gasteiger partial charge in [0, 0.05) is 11.7 Å². The van der Waals surface area contributed by atoms with E-state index in [1.165, 1.54) is 6.92 Å². The van der Waals surface area contributed by atoms with Crippen LogP contribution in [-0.4, -0.2) is 36.0 Å². The highest BCUT2D eigenvalue weighted by molar-refractivity contribution is 7.92. The summed E-state index contributed by atoms with van der Waals surface area (Å²) in [7, 11) is -3.48. The predicted octanol–water partition coefficient (Wildman–Crippen LogP) is 0.369. The largest absolute Gasteiger partial charge is 0.480 e. The fourth-order valence-corrected chi connectivity index (χ4v) is 4.34. The number of benzene rings is 1. The molecule has 1 aliphatic carbocycles. The molecule has 1 saturated carbocycles. The van der Waals surface area contributed by atoms with Gasteiger partial charge < -0.3 is 10.8 Å². The van der Waals surface area contributed by atoms with Crippen molar-refractivity contribution in [3.63, 3.8) is 0 Å². The molecule has 0 unspecified atom stereocenters. The SMILES string of the molecule is CCS(=O)(=O)[C@@H]1[C@@H](c2ccccc2)[C@@]1(N)C(=O)O. The van der Waals surface area contributed by atoms with E-state index in [0.29, 0.717) is 5.56 Å². The van der Waals surface area contributed by atoms with E-state index < -0.39 is 32.5 Å². The summed E-state index contributed by atoms with van der Waals surface area (Å²) in [6.45, 7) is 1.50. The van der Waals surface area contributed by atoms with Crippen molar-refractivity contribution in [3.05, 3.63) is 35.9 Å². The molecule has 0 bridgehead atoms. The number of nitrogens with two attached hydrogens (primary N) is 1. The number of aliphatic carboxylic acids is 1. The molecule has 1 fully saturated rings. The fraction of sp³-hybridized carbons (Fsp3) is 0.417. The quantitative estimate of drug-likeness (QED) is 0.823. The summed E-state index contributed by atoms with van der Waals surface area (Å²) < 4.78 is 23.8. The first-order valence-corrected chi connectivity index (χ1v) is 7.36. The Kier molecular flexibility index (Phi) is 2.95. The predicted molar refractivity (Wildman–Crippen MR) is 67.0 cm³/mol. The fourth-order valence-electron chi connectivity index (χ4n) is 2.42. The molecule has 98 valence electrons. The van der Waals surface area contributed by atoms with Crippen LogP contribution in [0.5, 0.6) is 0 Å². The third kappa shape index (κ3) is 1.72. The number of carboxylic acids is 1. The summed E-state index contributed by atoms with van der Waals surface area (Å²) in [6, 6.07) is 8.69. The van der Waals surface area contributed by atoms with Gasteiger partial charge in [-0.3, -0.25) is 4.79 Å². The van der Waals surface area contributed by atoms with Gasteiger partial charge >= 0.3 is 5.97 Å². The second kappa shape index (κ2) is 4.07. The van der Waals surface area contributed by atoms with Gasteiger partial charge in [0.25, 0.3) is 0 Å². The van der Waals surface area contributed by atoms with Crippen LogP contribution >= 0.6 is 0 Å². The highest BCUT2D eigenvalue weighted by atomic mass is 32.2. The molecule has 5 nitrogen and oxygen atoms in total. The van der Waals surface area contributed by atoms with Crippen LogP contribution in [0.1, 0.15) is 18.4 Å². The zero-order valence-electron chi connectivity index (χ0n) is 9.91. The number of carboxylic acid groups (broad SMARTS) is 1. The third-order valence-electron chi connectivity index (χ3n) is 3.50. The van der Waals surface area contributed by atoms with Crippen molar-refractivity contribution >= 4 is 15.8 Å². The Morgan fingerprint density at radius 1 is 1.39 bits per heavy atom. The average molecular weight is 269 g/mol. The Hall–Kier alpha value is -1.40. The zero-order chi connectivity index (χ0) is 13.6. The molecule has 0 aliphatic heterocycles. The van der Waals surface area contributed by atoms with Gasteiger partial charge in [0.1, 0.15) is 5.54 Å². The minimum absolute atomic E-state index is 0.104. The lowest BCUT2D eigenvalue weighted by Crippen LogP contribution is -2.40. The molecule has 0 radical (unpaired) electrons. The lowest BCUT2D eigenvalue weighted by molar-refractivity contribution is -0.139. The van der Waals surface area contributed by atoms with Gasteiger partial charge in [0.05, 0.1) is 5.25 Å².